The van der Waals surface area contributed by atoms with E-state index in [0.717, 1.165) is 5.56 Å². The molecule has 1 aromatic carbocycles. The first-order chi connectivity index (χ1) is 9.08. The van der Waals surface area contributed by atoms with Gasteiger partial charge in [0.1, 0.15) is 12.8 Å². The summed E-state index contributed by atoms with van der Waals surface area (Å²) in [6.07, 6.45) is 1.47. The average Bonchev–Trinajstić information content (AvgIpc) is 2.42. The molecule has 0 saturated carbocycles. The molecule has 1 unspecified atom stereocenters. The van der Waals surface area contributed by atoms with Gasteiger partial charge in [-0.25, -0.2) is 4.79 Å². The van der Waals surface area contributed by atoms with Crippen molar-refractivity contribution >= 4 is 30.7 Å². The molecule has 1 amide bonds. The molecule has 3 N–H and O–H groups in total. The number of aliphatic hydroxyl groups excluding tert-OH is 1. The maximum absolute atomic E-state index is 11.8. The Bertz CT molecular complexity index is 473. The van der Waals surface area contributed by atoms with Crippen LogP contribution in [0.1, 0.15) is 15.9 Å². The Morgan fingerprint density at radius 3 is 2.47 bits per heavy atom. The summed E-state index contributed by atoms with van der Waals surface area (Å²) in [6.45, 7) is -0.301. The van der Waals surface area contributed by atoms with Crippen LogP contribution in [0.25, 0.3) is 0 Å². The van der Waals surface area contributed by atoms with E-state index in [1.54, 1.807) is 24.3 Å². The molecule has 0 aliphatic rings. The lowest BCUT2D eigenvalue weighted by Gasteiger charge is -2.11. The number of carbonyl (C=O) groups excluding carboxylic acids is 1. The molecule has 0 saturated heterocycles. The normalized spacial score (nSPS) is 12.3. The molecule has 0 aliphatic carbocycles. The third-order valence-corrected chi connectivity index (χ3v) is 2.65. The van der Waals surface area contributed by atoms with E-state index >= 15 is 0 Å². The topological polar surface area (TPSA) is 99.0 Å². The van der Waals surface area contributed by atoms with E-state index in [-0.39, 0.29) is 12.5 Å². The molecule has 102 valence electrons. The molecule has 7 heteroatoms. The van der Waals surface area contributed by atoms with Gasteiger partial charge in [-0.3, -0.25) is 9.79 Å². The summed E-state index contributed by atoms with van der Waals surface area (Å²) in [4.78, 5) is 26.2. The highest BCUT2D eigenvalue weighted by Gasteiger charge is 2.18. The quantitative estimate of drug-likeness (QED) is 0.441. The largest absolute Gasteiger partial charge is 0.480 e. The number of benzene rings is 1. The van der Waals surface area contributed by atoms with Gasteiger partial charge in [-0.1, -0.05) is 12.1 Å². The predicted molar refractivity (Wildman–Crippen MR) is 73.9 cm³/mol. The van der Waals surface area contributed by atoms with Crippen molar-refractivity contribution in [3.05, 3.63) is 35.4 Å². The van der Waals surface area contributed by atoms with Crippen LogP contribution < -0.4 is 5.32 Å². The van der Waals surface area contributed by atoms with E-state index in [9.17, 15) is 9.59 Å². The molecule has 0 aromatic heterocycles. The van der Waals surface area contributed by atoms with Gasteiger partial charge in [-0.15, -0.1) is 0 Å². The van der Waals surface area contributed by atoms with Crippen LogP contribution in [-0.4, -0.2) is 46.8 Å². The Kier molecular flexibility index (Phi) is 6.04. The molecule has 0 heterocycles. The monoisotopic (exact) mass is 282 g/mol. The molecular formula is C12H14N2O4S. The molecule has 0 aliphatic heterocycles. The number of aliphatic imine (C=N–C) groups is 1. The second-order valence-corrected chi connectivity index (χ2v) is 3.99. The number of amides is 1. The smallest absolute Gasteiger partial charge is 0.327 e. The number of carboxylic acid groups (broad SMARTS) is 1. The lowest BCUT2D eigenvalue weighted by atomic mass is 10.1. The predicted octanol–water partition coefficient (Wildman–Crippen LogP) is 0.168. The number of hydrogen-bond acceptors (Lipinski definition) is 5. The van der Waals surface area contributed by atoms with E-state index in [4.69, 9.17) is 10.2 Å². The minimum atomic E-state index is -1.13. The number of thiol groups is 1. The van der Waals surface area contributed by atoms with Crippen molar-refractivity contribution in [1.29, 1.82) is 0 Å². The van der Waals surface area contributed by atoms with Gasteiger partial charge in [0.2, 0.25) is 0 Å². The lowest BCUT2D eigenvalue weighted by molar-refractivity contribution is -0.138. The molecule has 1 atom stereocenters. The van der Waals surface area contributed by atoms with Gasteiger partial charge in [0, 0.05) is 17.5 Å². The summed E-state index contributed by atoms with van der Waals surface area (Å²) >= 11 is 3.86. The summed E-state index contributed by atoms with van der Waals surface area (Å²) < 4.78 is 0. The summed E-state index contributed by atoms with van der Waals surface area (Å²) in [7, 11) is 0. The van der Waals surface area contributed by atoms with Crippen LogP contribution in [0.5, 0.6) is 0 Å². The van der Waals surface area contributed by atoms with Crippen molar-refractivity contribution < 1.29 is 19.8 Å². The van der Waals surface area contributed by atoms with Crippen LogP contribution in [-0.2, 0) is 4.79 Å². The number of nitrogens with zero attached hydrogens (tertiary/aromatic N) is 1. The highest BCUT2D eigenvalue weighted by molar-refractivity contribution is 7.80. The minimum absolute atomic E-state index is 0.0162. The van der Waals surface area contributed by atoms with E-state index < -0.39 is 17.9 Å². The van der Waals surface area contributed by atoms with Gasteiger partial charge in [0.25, 0.3) is 5.91 Å². The Labute approximate surface area is 115 Å². The second-order valence-electron chi connectivity index (χ2n) is 3.62. The third kappa shape index (κ3) is 4.72. The number of aliphatic carboxylic acids is 1. The number of hydrogen-bond donors (Lipinski definition) is 4. The van der Waals surface area contributed by atoms with Crippen LogP contribution in [0.2, 0.25) is 0 Å². The Hall–Kier alpha value is -1.86. The van der Waals surface area contributed by atoms with Gasteiger partial charge in [0.15, 0.2) is 0 Å². The SMILES string of the molecule is O=C(NC(CS)C(=O)O)c1ccc(C=NCO)cc1. The van der Waals surface area contributed by atoms with Crippen molar-refractivity contribution in [1.82, 2.24) is 5.32 Å². The third-order valence-electron chi connectivity index (χ3n) is 2.28. The molecule has 0 fully saturated rings. The molecule has 0 bridgehead atoms. The fourth-order valence-corrected chi connectivity index (χ4v) is 1.54. The second kappa shape index (κ2) is 7.55. The van der Waals surface area contributed by atoms with E-state index in [0.29, 0.717) is 5.56 Å². The van der Waals surface area contributed by atoms with E-state index in [1.165, 1.54) is 6.21 Å². The van der Waals surface area contributed by atoms with Gasteiger partial charge in [0.05, 0.1) is 0 Å². The van der Waals surface area contributed by atoms with Gasteiger partial charge < -0.3 is 15.5 Å². The molecule has 19 heavy (non-hydrogen) atoms. The fraction of sp³-hybridized carbons (Fsp3) is 0.250. The van der Waals surface area contributed by atoms with Gasteiger partial charge in [-0.2, -0.15) is 12.6 Å². The molecule has 1 aromatic rings. The molecule has 0 spiro atoms. The lowest BCUT2D eigenvalue weighted by Crippen LogP contribution is -2.42. The number of nitrogens with one attached hydrogen (secondary N) is 1. The van der Waals surface area contributed by atoms with Crippen LogP contribution in [0.3, 0.4) is 0 Å². The fourth-order valence-electron chi connectivity index (χ4n) is 1.29. The zero-order valence-corrected chi connectivity index (χ0v) is 10.9. The summed E-state index contributed by atoms with van der Waals surface area (Å²) in [5.74, 6) is -1.59. The van der Waals surface area contributed by atoms with Crippen LogP contribution in [0, 0.1) is 0 Å². The highest BCUT2D eigenvalue weighted by Crippen LogP contribution is 2.03. The van der Waals surface area contributed by atoms with Gasteiger partial charge >= 0.3 is 5.97 Å². The van der Waals surface area contributed by atoms with Crippen molar-refractivity contribution in [2.75, 3.05) is 12.5 Å². The van der Waals surface area contributed by atoms with Crippen LogP contribution in [0.15, 0.2) is 29.3 Å². The summed E-state index contributed by atoms with van der Waals surface area (Å²) in [5, 5.41) is 19.7. The van der Waals surface area contributed by atoms with Crippen LogP contribution >= 0.6 is 12.6 Å². The minimum Gasteiger partial charge on any atom is -0.480 e. The number of carboxylic acids is 1. The zero-order chi connectivity index (χ0) is 14.3. The molecular weight excluding hydrogens is 268 g/mol. The number of aliphatic hydroxyl groups is 1. The maximum Gasteiger partial charge on any atom is 0.327 e. The average molecular weight is 282 g/mol. The van der Waals surface area contributed by atoms with E-state index in [1.807, 2.05) is 0 Å². The summed E-state index contributed by atoms with van der Waals surface area (Å²) in [5.41, 5.74) is 1.07. The highest BCUT2D eigenvalue weighted by atomic mass is 32.1. The first-order valence-corrected chi connectivity index (χ1v) is 6.07. The Morgan fingerprint density at radius 2 is 2.00 bits per heavy atom. The Morgan fingerprint density at radius 1 is 1.37 bits per heavy atom. The van der Waals surface area contributed by atoms with Crippen molar-refractivity contribution in [2.24, 2.45) is 4.99 Å². The van der Waals surface area contributed by atoms with Gasteiger partial charge in [-0.05, 0) is 17.7 Å². The molecule has 6 nitrogen and oxygen atoms in total. The first-order valence-electron chi connectivity index (χ1n) is 5.43. The zero-order valence-electron chi connectivity index (χ0n) is 9.98. The maximum atomic E-state index is 11.8. The number of rotatable bonds is 6. The van der Waals surface area contributed by atoms with Crippen molar-refractivity contribution in [2.45, 2.75) is 6.04 Å². The Balaban J connectivity index is 2.72. The molecule has 1 rings (SSSR count). The molecule has 0 radical (unpaired) electrons. The van der Waals surface area contributed by atoms with Crippen molar-refractivity contribution in [3.8, 4) is 0 Å². The van der Waals surface area contributed by atoms with Crippen molar-refractivity contribution in [3.63, 3.8) is 0 Å². The number of carbonyl (C=O) groups is 2. The van der Waals surface area contributed by atoms with E-state index in [2.05, 4.69) is 22.9 Å². The van der Waals surface area contributed by atoms with Crippen LogP contribution in [0.4, 0.5) is 0 Å². The first kappa shape index (κ1) is 15.2. The standard InChI is InChI=1S/C12H14N2O4S/c15-7-13-5-8-1-3-9(4-2-8)11(16)14-10(6-19)12(17)18/h1-5,10,15,19H,6-7H2,(H,14,16)(H,17,18). The summed E-state index contributed by atoms with van der Waals surface area (Å²) in [6, 6.07) is 5.36.